The van der Waals surface area contributed by atoms with E-state index in [-0.39, 0.29) is 12.5 Å². The normalized spacial score (nSPS) is 9.61. The Bertz CT molecular complexity index is 466. The first-order chi connectivity index (χ1) is 8.63. The number of amides is 1. The monoisotopic (exact) mass is 247 g/mol. The Balaban J connectivity index is 3.06. The van der Waals surface area contributed by atoms with Crippen molar-refractivity contribution in [3.8, 4) is 6.07 Å². The van der Waals surface area contributed by atoms with Crippen molar-refractivity contribution in [2.24, 2.45) is 0 Å². The van der Waals surface area contributed by atoms with Crippen LogP contribution in [0.5, 0.6) is 0 Å². The first kappa shape index (κ1) is 13.8. The molecule has 1 heterocycles. The first-order valence-electron chi connectivity index (χ1n) is 5.74. The van der Waals surface area contributed by atoms with Crippen molar-refractivity contribution in [3.63, 3.8) is 0 Å². The predicted octanol–water partition coefficient (Wildman–Crippen LogP) is 0.498. The van der Waals surface area contributed by atoms with Crippen LogP contribution in [0.1, 0.15) is 18.9 Å². The highest BCUT2D eigenvalue weighted by Crippen LogP contribution is 2.23. The van der Waals surface area contributed by atoms with Gasteiger partial charge in [0, 0.05) is 19.8 Å². The maximum atomic E-state index is 11.4. The average molecular weight is 247 g/mol. The van der Waals surface area contributed by atoms with Crippen LogP contribution in [-0.4, -0.2) is 31.0 Å². The second-order valence-corrected chi connectivity index (χ2v) is 3.80. The van der Waals surface area contributed by atoms with Gasteiger partial charge in [0.1, 0.15) is 6.07 Å². The molecular formula is C12H17N5O. The lowest BCUT2D eigenvalue weighted by Gasteiger charge is -2.23. The molecule has 0 atom stereocenters. The van der Waals surface area contributed by atoms with Crippen molar-refractivity contribution in [2.45, 2.75) is 13.3 Å². The predicted molar refractivity (Wildman–Crippen MR) is 69.9 cm³/mol. The molecule has 0 radical (unpaired) electrons. The molecule has 1 rings (SSSR count). The standard InChI is InChI=1S/C12H17N5O/c1-3-6-17(8-10(18)15-2)12-11(14)9(7-13)4-5-16-12/h4-5H,3,6,8,14H2,1-2H3,(H,15,18). The number of aromatic nitrogens is 1. The zero-order valence-corrected chi connectivity index (χ0v) is 10.6. The van der Waals surface area contributed by atoms with Crippen molar-refractivity contribution >= 4 is 17.4 Å². The molecule has 6 nitrogen and oxygen atoms in total. The summed E-state index contributed by atoms with van der Waals surface area (Å²) in [6.45, 7) is 2.83. The lowest BCUT2D eigenvalue weighted by atomic mass is 10.2. The molecule has 0 fully saturated rings. The van der Waals surface area contributed by atoms with Crippen molar-refractivity contribution in [1.82, 2.24) is 10.3 Å². The van der Waals surface area contributed by atoms with Gasteiger partial charge < -0.3 is 16.0 Å². The van der Waals surface area contributed by atoms with Crippen molar-refractivity contribution in [1.29, 1.82) is 5.26 Å². The van der Waals surface area contributed by atoms with Crippen LogP contribution in [0.15, 0.2) is 12.3 Å². The summed E-state index contributed by atoms with van der Waals surface area (Å²) in [5.41, 5.74) is 6.57. The summed E-state index contributed by atoms with van der Waals surface area (Å²) in [5, 5.41) is 11.5. The molecule has 0 aliphatic carbocycles. The van der Waals surface area contributed by atoms with Gasteiger partial charge in [-0.2, -0.15) is 5.26 Å². The quantitative estimate of drug-likeness (QED) is 0.790. The number of likely N-dealkylation sites (N-methyl/N-ethyl adjacent to an activating group) is 1. The third kappa shape index (κ3) is 3.10. The van der Waals surface area contributed by atoms with Gasteiger partial charge in [-0.05, 0) is 12.5 Å². The van der Waals surface area contributed by atoms with Gasteiger partial charge in [-0.1, -0.05) is 6.92 Å². The summed E-state index contributed by atoms with van der Waals surface area (Å²) in [6, 6.07) is 3.57. The van der Waals surface area contributed by atoms with Crippen LogP contribution in [0.3, 0.4) is 0 Å². The van der Waals surface area contributed by atoms with Crippen molar-refractivity contribution in [2.75, 3.05) is 30.8 Å². The van der Waals surface area contributed by atoms with E-state index in [2.05, 4.69) is 10.3 Å². The third-order valence-electron chi connectivity index (χ3n) is 2.50. The van der Waals surface area contributed by atoms with Gasteiger partial charge in [0.2, 0.25) is 5.91 Å². The molecule has 0 bridgehead atoms. The molecule has 0 saturated heterocycles. The summed E-state index contributed by atoms with van der Waals surface area (Å²) in [7, 11) is 1.58. The number of rotatable bonds is 5. The molecule has 0 saturated carbocycles. The zero-order valence-electron chi connectivity index (χ0n) is 10.6. The molecule has 0 aromatic carbocycles. The topological polar surface area (TPSA) is 95.0 Å². The van der Waals surface area contributed by atoms with Crippen molar-refractivity contribution in [3.05, 3.63) is 17.8 Å². The minimum Gasteiger partial charge on any atom is -0.395 e. The smallest absolute Gasteiger partial charge is 0.239 e. The van der Waals surface area contributed by atoms with E-state index >= 15 is 0 Å². The molecular weight excluding hydrogens is 230 g/mol. The van der Waals surface area contributed by atoms with Gasteiger partial charge in [0.05, 0.1) is 17.8 Å². The summed E-state index contributed by atoms with van der Waals surface area (Å²) >= 11 is 0. The minimum atomic E-state index is -0.119. The Morgan fingerprint density at radius 1 is 1.67 bits per heavy atom. The van der Waals surface area contributed by atoms with E-state index in [9.17, 15) is 4.79 Å². The number of nitrogens with one attached hydrogen (secondary N) is 1. The second kappa shape index (κ2) is 6.45. The number of pyridine rings is 1. The van der Waals surface area contributed by atoms with Gasteiger partial charge >= 0.3 is 0 Å². The van der Waals surface area contributed by atoms with Crippen LogP contribution in [0.25, 0.3) is 0 Å². The van der Waals surface area contributed by atoms with Gasteiger partial charge in [0.15, 0.2) is 5.82 Å². The Morgan fingerprint density at radius 2 is 2.39 bits per heavy atom. The number of hydrogen-bond acceptors (Lipinski definition) is 5. The number of carbonyl (C=O) groups is 1. The fraction of sp³-hybridized carbons (Fsp3) is 0.417. The molecule has 96 valence electrons. The molecule has 1 amide bonds. The molecule has 3 N–H and O–H groups in total. The van der Waals surface area contributed by atoms with Gasteiger partial charge in [-0.3, -0.25) is 4.79 Å². The van der Waals surface area contributed by atoms with Crippen molar-refractivity contribution < 1.29 is 4.79 Å². The van der Waals surface area contributed by atoms with E-state index in [4.69, 9.17) is 11.0 Å². The molecule has 1 aromatic heterocycles. The highest BCUT2D eigenvalue weighted by molar-refractivity contribution is 5.82. The van der Waals surface area contributed by atoms with Crippen LogP contribution in [-0.2, 0) is 4.79 Å². The maximum absolute atomic E-state index is 11.4. The van der Waals surface area contributed by atoms with E-state index in [0.717, 1.165) is 6.42 Å². The second-order valence-electron chi connectivity index (χ2n) is 3.80. The molecule has 0 unspecified atom stereocenters. The fourth-order valence-corrected chi connectivity index (χ4v) is 1.59. The summed E-state index contributed by atoms with van der Waals surface area (Å²) in [6.07, 6.45) is 2.38. The molecule has 18 heavy (non-hydrogen) atoms. The average Bonchev–Trinajstić information content (AvgIpc) is 2.38. The number of hydrogen-bond donors (Lipinski definition) is 2. The Morgan fingerprint density at radius 3 is 2.94 bits per heavy atom. The van der Waals surface area contributed by atoms with Gasteiger partial charge in [0.25, 0.3) is 0 Å². The van der Waals surface area contributed by atoms with E-state index in [0.29, 0.717) is 23.6 Å². The number of nitrogens with zero attached hydrogens (tertiary/aromatic N) is 3. The zero-order chi connectivity index (χ0) is 13.5. The highest BCUT2D eigenvalue weighted by atomic mass is 16.1. The Hall–Kier alpha value is -2.29. The Labute approximate surface area is 106 Å². The van der Waals surface area contributed by atoms with Crippen LogP contribution in [0.2, 0.25) is 0 Å². The van der Waals surface area contributed by atoms with E-state index in [1.807, 2.05) is 13.0 Å². The fourth-order valence-electron chi connectivity index (χ4n) is 1.59. The summed E-state index contributed by atoms with van der Waals surface area (Å²) in [5.74, 6) is 0.367. The number of anilines is 2. The molecule has 0 aliphatic heterocycles. The van der Waals surface area contributed by atoms with Crippen LogP contribution in [0, 0.1) is 11.3 Å². The largest absolute Gasteiger partial charge is 0.395 e. The highest BCUT2D eigenvalue weighted by Gasteiger charge is 2.15. The van der Waals surface area contributed by atoms with Gasteiger partial charge in [-0.15, -0.1) is 0 Å². The molecule has 0 spiro atoms. The lowest BCUT2D eigenvalue weighted by Crippen LogP contribution is -2.37. The lowest BCUT2D eigenvalue weighted by molar-refractivity contribution is -0.119. The number of nitrogens with two attached hydrogens (primary N) is 1. The van der Waals surface area contributed by atoms with Crippen LogP contribution >= 0.6 is 0 Å². The molecule has 0 aliphatic rings. The number of nitrogen functional groups attached to an aromatic ring is 1. The third-order valence-corrected chi connectivity index (χ3v) is 2.50. The van der Waals surface area contributed by atoms with E-state index in [1.54, 1.807) is 18.0 Å². The Kier molecular flexibility index (Phi) is 4.93. The van der Waals surface area contributed by atoms with E-state index in [1.165, 1.54) is 6.20 Å². The molecule has 1 aromatic rings. The first-order valence-corrected chi connectivity index (χ1v) is 5.74. The summed E-state index contributed by atoms with van der Waals surface area (Å²) < 4.78 is 0. The maximum Gasteiger partial charge on any atom is 0.239 e. The SMILES string of the molecule is CCCN(CC(=O)NC)c1nccc(C#N)c1N. The van der Waals surface area contributed by atoms with Gasteiger partial charge in [-0.25, -0.2) is 4.98 Å². The number of carbonyl (C=O) groups excluding carboxylic acids is 1. The number of nitriles is 1. The van der Waals surface area contributed by atoms with Crippen LogP contribution < -0.4 is 16.0 Å². The summed E-state index contributed by atoms with van der Waals surface area (Å²) in [4.78, 5) is 17.4. The minimum absolute atomic E-state index is 0.119. The molecule has 6 heteroatoms. The van der Waals surface area contributed by atoms with E-state index < -0.39 is 0 Å². The van der Waals surface area contributed by atoms with Crippen LogP contribution in [0.4, 0.5) is 11.5 Å².